The molecule has 1 heterocycles. The molecule has 0 saturated heterocycles. The van der Waals surface area contributed by atoms with Crippen molar-refractivity contribution in [2.24, 2.45) is 0 Å². The quantitative estimate of drug-likeness (QED) is 0.506. The molecule has 1 unspecified atom stereocenters. The Kier molecular flexibility index (Phi) is 4.29. The molecule has 1 rings (SSSR count). The average molecular weight is 215 g/mol. The molecule has 1 aromatic heterocycles. The molecule has 0 saturated carbocycles. The predicted octanol–water partition coefficient (Wildman–Crippen LogP) is -0.579. The summed E-state index contributed by atoms with van der Waals surface area (Å²) in [6.45, 7) is 0.0406. The number of aliphatic hydroxyl groups is 2. The summed E-state index contributed by atoms with van der Waals surface area (Å²) in [5.41, 5.74) is 0.0981. The minimum absolute atomic E-state index is 0.0981. The number of hydrogen-bond donors (Lipinski definition) is 4. The Morgan fingerprint density at radius 3 is 2.93 bits per heavy atom. The lowest BCUT2D eigenvalue weighted by Gasteiger charge is -2.07. The fourth-order valence-electron chi connectivity index (χ4n) is 1.08. The molecule has 6 heteroatoms. The van der Waals surface area contributed by atoms with Gasteiger partial charge in [0, 0.05) is 6.54 Å². The van der Waals surface area contributed by atoms with Crippen molar-refractivity contribution in [2.45, 2.75) is 12.6 Å². The van der Waals surface area contributed by atoms with Crippen LogP contribution in [0, 0.1) is 0 Å². The van der Waals surface area contributed by atoms with Gasteiger partial charge in [-0.2, -0.15) is 0 Å². The van der Waals surface area contributed by atoms with E-state index in [9.17, 15) is 4.79 Å². The van der Waals surface area contributed by atoms with Crippen molar-refractivity contribution in [2.75, 3.05) is 13.2 Å². The molecule has 0 aliphatic carbocycles. The monoisotopic (exact) mass is 215 g/mol. The first-order chi connectivity index (χ1) is 7.15. The fourth-order valence-corrected chi connectivity index (χ4v) is 1.08. The molecule has 4 N–H and O–H groups in total. The SMILES string of the molecule is O=C(O)c1ccoc1CNCC(O)CO. The normalized spacial score (nSPS) is 12.7. The lowest BCUT2D eigenvalue weighted by Crippen LogP contribution is -2.29. The van der Waals surface area contributed by atoms with Crippen molar-refractivity contribution in [3.63, 3.8) is 0 Å². The number of carboxylic acids is 1. The first-order valence-corrected chi connectivity index (χ1v) is 4.44. The average Bonchev–Trinajstić information content (AvgIpc) is 2.65. The van der Waals surface area contributed by atoms with E-state index < -0.39 is 12.1 Å². The van der Waals surface area contributed by atoms with E-state index in [1.54, 1.807) is 0 Å². The number of carboxylic acid groups (broad SMARTS) is 1. The van der Waals surface area contributed by atoms with Gasteiger partial charge in [-0.25, -0.2) is 4.79 Å². The van der Waals surface area contributed by atoms with Crippen LogP contribution >= 0.6 is 0 Å². The van der Waals surface area contributed by atoms with Gasteiger partial charge in [0.25, 0.3) is 0 Å². The third-order valence-corrected chi connectivity index (χ3v) is 1.85. The number of furan rings is 1. The lowest BCUT2D eigenvalue weighted by molar-refractivity contribution is 0.0693. The number of carbonyl (C=O) groups is 1. The maximum absolute atomic E-state index is 10.7. The van der Waals surface area contributed by atoms with Gasteiger partial charge in [-0.1, -0.05) is 0 Å². The van der Waals surface area contributed by atoms with E-state index in [1.807, 2.05) is 0 Å². The van der Waals surface area contributed by atoms with Crippen LogP contribution in [-0.4, -0.2) is 40.5 Å². The minimum Gasteiger partial charge on any atom is -0.478 e. The Labute approximate surface area is 86.1 Å². The second-order valence-corrected chi connectivity index (χ2v) is 3.03. The highest BCUT2D eigenvalue weighted by atomic mass is 16.4. The summed E-state index contributed by atoms with van der Waals surface area (Å²) in [7, 11) is 0. The summed E-state index contributed by atoms with van der Waals surface area (Å²) >= 11 is 0. The number of nitrogens with one attached hydrogen (secondary N) is 1. The van der Waals surface area contributed by atoms with Crippen molar-refractivity contribution < 1.29 is 24.5 Å². The summed E-state index contributed by atoms with van der Waals surface area (Å²) in [5, 5.41) is 29.0. The van der Waals surface area contributed by atoms with Gasteiger partial charge in [0.2, 0.25) is 0 Å². The zero-order valence-corrected chi connectivity index (χ0v) is 8.01. The van der Waals surface area contributed by atoms with E-state index in [1.165, 1.54) is 12.3 Å². The van der Waals surface area contributed by atoms with Crippen LogP contribution in [0.25, 0.3) is 0 Å². The minimum atomic E-state index is -1.05. The molecular formula is C9H13NO5. The van der Waals surface area contributed by atoms with Gasteiger partial charge in [-0.05, 0) is 6.07 Å². The van der Waals surface area contributed by atoms with Crippen molar-refractivity contribution in [3.05, 3.63) is 23.7 Å². The van der Waals surface area contributed by atoms with Crippen molar-refractivity contribution in [1.82, 2.24) is 5.32 Å². The summed E-state index contributed by atoms with van der Waals surface area (Å²) in [5.74, 6) is -0.754. The Hall–Kier alpha value is -1.37. The first kappa shape index (κ1) is 11.7. The highest BCUT2D eigenvalue weighted by Gasteiger charge is 2.12. The molecule has 1 atom stereocenters. The van der Waals surface area contributed by atoms with Gasteiger partial charge >= 0.3 is 5.97 Å². The van der Waals surface area contributed by atoms with E-state index >= 15 is 0 Å². The van der Waals surface area contributed by atoms with Crippen LogP contribution in [0.5, 0.6) is 0 Å². The highest BCUT2D eigenvalue weighted by Crippen LogP contribution is 2.09. The van der Waals surface area contributed by atoms with Crippen molar-refractivity contribution in [3.8, 4) is 0 Å². The smallest absolute Gasteiger partial charge is 0.339 e. The summed E-state index contributed by atoms with van der Waals surface area (Å²) in [6.07, 6.45) is 0.441. The third-order valence-electron chi connectivity index (χ3n) is 1.85. The predicted molar refractivity (Wildman–Crippen MR) is 50.5 cm³/mol. The maximum Gasteiger partial charge on any atom is 0.339 e. The van der Waals surface area contributed by atoms with Crippen LogP contribution in [0.4, 0.5) is 0 Å². The number of hydrogen-bond acceptors (Lipinski definition) is 5. The molecule has 1 aromatic rings. The topological polar surface area (TPSA) is 103 Å². The van der Waals surface area contributed by atoms with Gasteiger partial charge in [-0.15, -0.1) is 0 Å². The standard InChI is InChI=1S/C9H13NO5/c11-5-6(12)3-10-4-8-7(9(13)14)1-2-15-8/h1-2,6,10-12H,3-5H2,(H,13,14). The molecule has 0 spiro atoms. The summed E-state index contributed by atoms with van der Waals surface area (Å²) in [6, 6.07) is 1.36. The van der Waals surface area contributed by atoms with Crippen LogP contribution in [-0.2, 0) is 6.54 Å². The lowest BCUT2D eigenvalue weighted by atomic mass is 10.2. The number of rotatable bonds is 6. The van der Waals surface area contributed by atoms with Crippen LogP contribution in [0.3, 0.4) is 0 Å². The Morgan fingerprint density at radius 1 is 1.60 bits per heavy atom. The molecule has 84 valence electrons. The highest BCUT2D eigenvalue weighted by molar-refractivity contribution is 5.88. The Morgan fingerprint density at radius 2 is 2.33 bits per heavy atom. The second kappa shape index (κ2) is 5.50. The van der Waals surface area contributed by atoms with Gasteiger partial charge in [0.05, 0.1) is 25.5 Å². The molecule has 0 fully saturated rings. The molecule has 0 amide bonds. The van der Waals surface area contributed by atoms with E-state index in [0.717, 1.165) is 0 Å². The van der Waals surface area contributed by atoms with Crippen molar-refractivity contribution in [1.29, 1.82) is 0 Å². The van der Waals surface area contributed by atoms with E-state index in [2.05, 4.69) is 5.32 Å². The van der Waals surface area contributed by atoms with Crippen LogP contribution in [0.15, 0.2) is 16.7 Å². The molecule has 6 nitrogen and oxygen atoms in total. The molecule has 0 aliphatic rings. The summed E-state index contributed by atoms with van der Waals surface area (Å²) < 4.78 is 4.95. The van der Waals surface area contributed by atoms with E-state index in [-0.39, 0.29) is 25.3 Å². The molecule has 0 aliphatic heterocycles. The largest absolute Gasteiger partial charge is 0.478 e. The van der Waals surface area contributed by atoms with E-state index in [4.69, 9.17) is 19.7 Å². The molecule has 0 bridgehead atoms. The fraction of sp³-hybridized carbons (Fsp3) is 0.444. The zero-order valence-electron chi connectivity index (χ0n) is 8.01. The zero-order chi connectivity index (χ0) is 11.3. The van der Waals surface area contributed by atoms with Gasteiger partial charge in [0.15, 0.2) is 0 Å². The summed E-state index contributed by atoms with van der Waals surface area (Å²) in [4.78, 5) is 10.7. The second-order valence-electron chi connectivity index (χ2n) is 3.03. The van der Waals surface area contributed by atoms with Gasteiger partial charge in [0.1, 0.15) is 11.3 Å². The molecule has 15 heavy (non-hydrogen) atoms. The van der Waals surface area contributed by atoms with Gasteiger partial charge in [-0.3, -0.25) is 0 Å². The van der Waals surface area contributed by atoms with Crippen LogP contribution < -0.4 is 5.32 Å². The van der Waals surface area contributed by atoms with Crippen LogP contribution in [0.2, 0.25) is 0 Å². The first-order valence-electron chi connectivity index (χ1n) is 4.44. The Bertz CT molecular complexity index is 322. The van der Waals surface area contributed by atoms with E-state index in [0.29, 0.717) is 5.76 Å². The molecule has 0 aromatic carbocycles. The number of aromatic carboxylic acids is 1. The molecule has 0 radical (unpaired) electrons. The van der Waals surface area contributed by atoms with Crippen LogP contribution in [0.1, 0.15) is 16.1 Å². The third kappa shape index (κ3) is 3.35. The Balaban J connectivity index is 2.44. The van der Waals surface area contributed by atoms with Crippen molar-refractivity contribution >= 4 is 5.97 Å². The maximum atomic E-state index is 10.7. The molecular weight excluding hydrogens is 202 g/mol. The van der Waals surface area contributed by atoms with Gasteiger partial charge < -0.3 is 25.1 Å². The number of aliphatic hydroxyl groups excluding tert-OH is 2.